The summed E-state index contributed by atoms with van der Waals surface area (Å²) in [5.41, 5.74) is 2.10. The molecule has 0 unspecified atom stereocenters. The van der Waals surface area contributed by atoms with Crippen LogP contribution in [0.4, 0.5) is 5.69 Å². The van der Waals surface area contributed by atoms with Gasteiger partial charge in [-0.3, -0.25) is 10.1 Å². The van der Waals surface area contributed by atoms with Gasteiger partial charge < -0.3 is 29.7 Å². The summed E-state index contributed by atoms with van der Waals surface area (Å²) in [4.78, 5) is 28.5. The number of ether oxygens (including phenoxy) is 3. The second kappa shape index (κ2) is 12.6. The molecule has 0 atom stereocenters. The Kier molecular flexibility index (Phi) is 10.3. The Morgan fingerprint density at radius 3 is 1.97 bits per heavy atom. The van der Waals surface area contributed by atoms with Crippen LogP contribution in [-0.4, -0.2) is 54.9 Å². The Morgan fingerprint density at radius 1 is 0.935 bits per heavy atom. The quantitative estimate of drug-likeness (QED) is 0.230. The second-order valence-corrected chi connectivity index (χ2v) is 5.95. The molecule has 0 fully saturated rings. The van der Waals surface area contributed by atoms with E-state index >= 15 is 0 Å². The zero-order valence-electron chi connectivity index (χ0n) is 17.3. The lowest BCUT2D eigenvalue weighted by Crippen LogP contribution is -2.17. The fourth-order valence-electron chi connectivity index (χ4n) is 2.54. The molecule has 0 amide bonds. The summed E-state index contributed by atoms with van der Waals surface area (Å²) in [6, 6.07) is 10.4. The number of carbonyl (C=O) groups is 2. The largest absolute Gasteiger partial charge is 0.493 e. The van der Waals surface area contributed by atoms with Gasteiger partial charge in [0.15, 0.2) is 11.5 Å². The zero-order chi connectivity index (χ0) is 23.4. The average molecular weight is 436 g/mol. The molecular weight excluding hydrogens is 412 g/mol. The van der Waals surface area contributed by atoms with Crippen LogP contribution >= 0.6 is 0 Å². The van der Waals surface area contributed by atoms with Crippen LogP contribution in [0.5, 0.6) is 17.2 Å². The molecule has 0 saturated heterocycles. The summed E-state index contributed by atoms with van der Waals surface area (Å²) in [5.74, 6) is -1.82. The number of nitro groups is 1. The molecule has 0 saturated carbocycles. The molecule has 0 aliphatic rings. The molecule has 0 spiro atoms. The van der Waals surface area contributed by atoms with E-state index in [1.54, 1.807) is 33.5 Å². The molecule has 0 bridgehead atoms. The van der Waals surface area contributed by atoms with Crippen molar-refractivity contribution in [3.05, 3.63) is 57.6 Å². The number of nitro benzene ring substituents is 1. The number of carboxylic acid groups (broad SMARTS) is 2. The van der Waals surface area contributed by atoms with Crippen LogP contribution in [0.2, 0.25) is 0 Å². The van der Waals surface area contributed by atoms with E-state index in [-0.39, 0.29) is 5.69 Å². The lowest BCUT2D eigenvalue weighted by atomic mass is 10.1. The Bertz CT molecular complexity index is 886. The summed E-state index contributed by atoms with van der Waals surface area (Å²) in [5, 5.41) is 28.8. The van der Waals surface area contributed by atoms with Crippen molar-refractivity contribution in [3.63, 3.8) is 0 Å². The van der Waals surface area contributed by atoms with Gasteiger partial charge in [-0.05, 0) is 24.6 Å². The molecule has 2 rings (SSSR count). The maximum Gasteiger partial charge on any atom is 0.414 e. The van der Waals surface area contributed by atoms with Crippen molar-refractivity contribution in [1.29, 1.82) is 0 Å². The molecular formula is C20H24N2O9. The van der Waals surface area contributed by atoms with Gasteiger partial charge in [0.2, 0.25) is 5.75 Å². The van der Waals surface area contributed by atoms with Gasteiger partial charge in [-0.1, -0.05) is 18.2 Å². The van der Waals surface area contributed by atoms with Crippen LogP contribution in [0.15, 0.2) is 36.4 Å². The Balaban J connectivity index is 0.000000703. The van der Waals surface area contributed by atoms with Gasteiger partial charge in [0, 0.05) is 24.2 Å². The predicted octanol–water partition coefficient (Wildman–Crippen LogP) is 2.11. The highest BCUT2D eigenvalue weighted by molar-refractivity contribution is 6.27. The van der Waals surface area contributed by atoms with Gasteiger partial charge in [0.25, 0.3) is 5.69 Å². The van der Waals surface area contributed by atoms with E-state index in [1.165, 1.54) is 12.1 Å². The molecule has 11 heteroatoms. The molecule has 168 valence electrons. The molecule has 0 heterocycles. The number of methoxy groups -OCH3 is 3. The van der Waals surface area contributed by atoms with Crippen LogP contribution in [0.3, 0.4) is 0 Å². The molecule has 0 aromatic heterocycles. The fraction of sp³-hybridized carbons (Fsp3) is 0.300. The second-order valence-electron chi connectivity index (χ2n) is 5.95. The highest BCUT2D eigenvalue weighted by Crippen LogP contribution is 2.39. The Labute approximate surface area is 178 Å². The minimum absolute atomic E-state index is 0.103. The van der Waals surface area contributed by atoms with Crippen molar-refractivity contribution in [2.24, 2.45) is 0 Å². The topological polar surface area (TPSA) is 157 Å². The number of aliphatic carboxylic acids is 2. The summed E-state index contributed by atoms with van der Waals surface area (Å²) < 4.78 is 16.1. The van der Waals surface area contributed by atoms with Crippen LogP contribution in [0.25, 0.3) is 0 Å². The first-order chi connectivity index (χ1) is 14.7. The lowest BCUT2D eigenvalue weighted by Gasteiger charge is -2.16. The number of benzene rings is 2. The van der Waals surface area contributed by atoms with E-state index in [9.17, 15) is 10.1 Å². The van der Waals surface area contributed by atoms with E-state index in [0.717, 1.165) is 24.1 Å². The Hall–Kier alpha value is -3.86. The third-order valence-electron chi connectivity index (χ3n) is 4.02. The van der Waals surface area contributed by atoms with Gasteiger partial charge >= 0.3 is 11.9 Å². The SMILES string of the molecule is COc1ccc(CNCCc2ccc([N+](=O)[O-])cc2)c(OC)c1OC.O=C(O)C(=O)O. The van der Waals surface area contributed by atoms with E-state index < -0.39 is 16.9 Å². The number of non-ortho nitro benzene ring substituents is 1. The van der Waals surface area contributed by atoms with Gasteiger partial charge in [-0.2, -0.15) is 0 Å². The van der Waals surface area contributed by atoms with Gasteiger partial charge in [-0.15, -0.1) is 0 Å². The van der Waals surface area contributed by atoms with Crippen molar-refractivity contribution in [2.75, 3.05) is 27.9 Å². The predicted molar refractivity (Wildman–Crippen MR) is 110 cm³/mol. The number of carboxylic acids is 2. The van der Waals surface area contributed by atoms with Gasteiger partial charge in [0.1, 0.15) is 0 Å². The molecule has 2 aromatic carbocycles. The fourth-order valence-corrected chi connectivity index (χ4v) is 2.54. The van der Waals surface area contributed by atoms with Crippen molar-refractivity contribution < 1.29 is 38.9 Å². The molecule has 0 aliphatic heterocycles. The smallest absolute Gasteiger partial charge is 0.414 e. The molecule has 0 aliphatic carbocycles. The third-order valence-corrected chi connectivity index (χ3v) is 4.02. The highest BCUT2D eigenvalue weighted by Gasteiger charge is 2.15. The number of hydrogen-bond donors (Lipinski definition) is 3. The first kappa shape index (κ1) is 25.2. The van der Waals surface area contributed by atoms with E-state index in [4.69, 9.17) is 34.0 Å². The molecule has 0 radical (unpaired) electrons. The molecule has 11 nitrogen and oxygen atoms in total. The first-order valence-corrected chi connectivity index (χ1v) is 8.93. The summed E-state index contributed by atoms with van der Waals surface area (Å²) >= 11 is 0. The third kappa shape index (κ3) is 7.82. The summed E-state index contributed by atoms with van der Waals surface area (Å²) in [7, 11) is 4.75. The number of rotatable bonds is 9. The van der Waals surface area contributed by atoms with Crippen LogP contribution in [0, 0.1) is 10.1 Å². The van der Waals surface area contributed by atoms with Gasteiger partial charge in [-0.25, -0.2) is 9.59 Å². The highest BCUT2D eigenvalue weighted by atomic mass is 16.6. The van der Waals surface area contributed by atoms with E-state index in [0.29, 0.717) is 23.8 Å². The zero-order valence-corrected chi connectivity index (χ0v) is 17.3. The van der Waals surface area contributed by atoms with Crippen LogP contribution in [0.1, 0.15) is 11.1 Å². The van der Waals surface area contributed by atoms with Crippen LogP contribution in [-0.2, 0) is 22.6 Å². The summed E-state index contributed by atoms with van der Waals surface area (Å²) in [6.07, 6.45) is 0.771. The maximum atomic E-state index is 10.7. The lowest BCUT2D eigenvalue weighted by molar-refractivity contribution is -0.384. The van der Waals surface area contributed by atoms with Crippen molar-refractivity contribution >= 4 is 17.6 Å². The minimum Gasteiger partial charge on any atom is -0.493 e. The maximum absolute atomic E-state index is 10.7. The van der Waals surface area contributed by atoms with E-state index in [1.807, 2.05) is 12.1 Å². The molecule has 3 N–H and O–H groups in total. The standard InChI is InChI=1S/C18H22N2O5.C2H2O4/c1-23-16-9-6-14(17(24-2)18(16)25-3)12-19-11-10-13-4-7-15(8-5-13)20(21)22;3-1(4)2(5)6/h4-9,19H,10-12H2,1-3H3;(H,3,4)(H,5,6). The normalized spacial score (nSPS) is 9.77. The van der Waals surface area contributed by atoms with Crippen molar-refractivity contribution in [2.45, 2.75) is 13.0 Å². The van der Waals surface area contributed by atoms with Crippen molar-refractivity contribution in [1.82, 2.24) is 5.32 Å². The Morgan fingerprint density at radius 2 is 1.52 bits per heavy atom. The number of hydrogen-bond acceptors (Lipinski definition) is 8. The van der Waals surface area contributed by atoms with Gasteiger partial charge in [0.05, 0.1) is 26.3 Å². The summed E-state index contributed by atoms with van der Waals surface area (Å²) in [6.45, 7) is 1.34. The molecule has 31 heavy (non-hydrogen) atoms. The monoisotopic (exact) mass is 436 g/mol. The first-order valence-electron chi connectivity index (χ1n) is 8.93. The van der Waals surface area contributed by atoms with Crippen LogP contribution < -0.4 is 19.5 Å². The number of nitrogens with zero attached hydrogens (tertiary/aromatic N) is 1. The van der Waals surface area contributed by atoms with E-state index in [2.05, 4.69) is 5.32 Å². The molecule has 2 aromatic rings. The number of nitrogens with one attached hydrogen (secondary N) is 1. The van der Waals surface area contributed by atoms with Crippen molar-refractivity contribution in [3.8, 4) is 17.2 Å². The minimum atomic E-state index is -1.82. The average Bonchev–Trinajstić information content (AvgIpc) is 2.76.